The van der Waals surface area contributed by atoms with E-state index in [4.69, 9.17) is 0 Å². The van der Waals surface area contributed by atoms with Crippen molar-refractivity contribution in [3.05, 3.63) is 21.4 Å². The van der Waals surface area contributed by atoms with Crippen LogP contribution in [0.3, 0.4) is 0 Å². The second-order valence-corrected chi connectivity index (χ2v) is 6.60. The SMILES string of the molecule is CNC1CCCN(C(=O)c2csc3c2CCCC3)C1. The monoisotopic (exact) mass is 278 g/mol. The highest BCUT2D eigenvalue weighted by atomic mass is 32.1. The van der Waals surface area contributed by atoms with Gasteiger partial charge in [-0.25, -0.2) is 0 Å². The third-order valence-corrected chi connectivity index (χ3v) is 5.50. The molecule has 0 radical (unpaired) electrons. The number of likely N-dealkylation sites (tertiary alicyclic amines) is 1. The van der Waals surface area contributed by atoms with Crippen LogP contribution in [0.4, 0.5) is 0 Å². The molecular formula is C15H22N2OS. The highest BCUT2D eigenvalue weighted by Gasteiger charge is 2.27. The molecule has 1 fully saturated rings. The van der Waals surface area contributed by atoms with E-state index < -0.39 is 0 Å². The molecule has 19 heavy (non-hydrogen) atoms. The number of hydrogen-bond donors (Lipinski definition) is 1. The fourth-order valence-corrected chi connectivity index (χ4v) is 4.36. The van der Waals surface area contributed by atoms with Gasteiger partial charge in [-0.3, -0.25) is 4.79 Å². The summed E-state index contributed by atoms with van der Waals surface area (Å²) in [6.07, 6.45) is 7.09. The summed E-state index contributed by atoms with van der Waals surface area (Å²) in [4.78, 5) is 16.2. The molecule has 2 aliphatic rings. The normalized spacial score (nSPS) is 23.2. The van der Waals surface area contributed by atoms with Gasteiger partial charge in [0.25, 0.3) is 5.91 Å². The Morgan fingerprint density at radius 2 is 2.21 bits per heavy atom. The molecule has 4 heteroatoms. The molecule has 2 heterocycles. The van der Waals surface area contributed by atoms with Gasteiger partial charge in [0, 0.05) is 29.4 Å². The van der Waals surface area contributed by atoms with Gasteiger partial charge in [0.2, 0.25) is 0 Å². The van der Waals surface area contributed by atoms with Crippen molar-refractivity contribution in [2.75, 3.05) is 20.1 Å². The molecule has 3 nitrogen and oxygen atoms in total. The fourth-order valence-electron chi connectivity index (χ4n) is 3.24. The number of carbonyl (C=O) groups is 1. The van der Waals surface area contributed by atoms with Crippen LogP contribution < -0.4 is 5.32 Å². The lowest BCUT2D eigenvalue weighted by molar-refractivity contribution is 0.0697. The Hall–Kier alpha value is -0.870. The number of piperidine rings is 1. The highest BCUT2D eigenvalue weighted by molar-refractivity contribution is 7.10. The van der Waals surface area contributed by atoms with Gasteiger partial charge in [-0.1, -0.05) is 0 Å². The zero-order chi connectivity index (χ0) is 13.2. The van der Waals surface area contributed by atoms with Gasteiger partial charge in [0.1, 0.15) is 0 Å². The highest BCUT2D eigenvalue weighted by Crippen LogP contribution is 2.31. The standard InChI is InChI=1S/C15H22N2OS/c1-16-11-5-4-8-17(9-11)15(18)13-10-19-14-7-3-2-6-12(13)14/h10-11,16H,2-9H2,1H3. The lowest BCUT2D eigenvalue weighted by atomic mass is 9.95. The Kier molecular flexibility index (Phi) is 3.89. The summed E-state index contributed by atoms with van der Waals surface area (Å²) in [7, 11) is 1.99. The first-order chi connectivity index (χ1) is 9.29. The van der Waals surface area contributed by atoms with Gasteiger partial charge in [-0.15, -0.1) is 11.3 Å². The van der Waals surface area contributed by atoms with Crippen molar-refractivity contribution in [3.8, 4) is 0 Å². The average molecular weight is 278 g/mol. The molecular weight excluding hydrogens is 256 g/mol. The first-order valence-electron chi connectivity index (χ1n) is 7.35. The van der Waals surface area contributed by atoms with Crippen LogP contribution in [0.1, 0.15) is 46.5 Å². The molecule has 1 aliphatic heterocycles. The van der Waals surface area contributed by atoms with Crippen molar-refractivity contribution in [2.24, 2.45) is 0 Å². The van der Waals surface area contributed by atoms with Crippen LogP contribution in [0.2, 0.25) is 0 Å². The number of amides is 1. The molecule has 1 N–H and O–H groups in total. The molecule has 1 aromatic rings. The van der Waals surface area contributed by atoms with E-state index in [1.165, 1.54) is 36.1 Å². The van der Waals surface area contributed by atoms with Gasteiger partial charge in [-0.2, -0.15) is 0 Å². The zero-order valence-electron chi connectivity index (χ0n) is 11.6. The molecule has 1 amide bonds. The van der Waals surface area contributed by atoms with Gasteiger partial charge < -0.3 is 10.2 Å². The van der Waals surface area contributed by atoms with Crippen LogP contribution in [0.5, 0.6) is 0 Å². The van der Waals surface area contributed by atoms with Crippen LogP contribution >= 0.6 is 11.3 Å². The molecule has 1 aromatic heterocycles. The van der Waals surface area contributed by atoms with Crippen LogP contribution in [0.25, 0.3) is 0 Å². The third kappa shape index (κ3) is 2.56. The minimum absolute atomic E-state index is 0.263. The zero-order valence-corrected chi connectivity index (χ0v) is 12.4. The molecule has 3 rings (SSSR count). The average Bonchev–Trinajstić information content (AvgIpc) is 2.90. The fraction of sp³-hybridized carbons (Fsp3) is 0.667. The van der Waals surface area contributed by atoms with Gasteiger partial charge in [-0.05, 0) is 51.1 Å². The number of fused-ring (bicyclic) bond motifs is 1. The topological polar surface area (TPSA) is 32.3 Å². The molecule has 1 aliphatic carbocycles. The van der Waals surface area contributed by atoms with Gasteiger partial charge in [0.05, 0.1) is 5.56 Å². The smallest absolute Gasteiger partial charge is 0.255 e. The number of aryl methyl sites for hydroxylation is 1. The first kappa shape index (κ1) is 13.1. The van der Waals surface area contributed by atoms with E-state index in [9.17, 15) is 4.79 Å². The maximum Gasteiger partial charge on any atom is 0.255 e. The summed E-state index contributed by atoms with van der Waals surface area (Å²) in [6.45, 7) is 1.78. The van der Waals surface area contributed by atoms with Crippen molar-refractivity contribution < 1.29 is 4.79 Å². The van der Waals surface area contributed by atoms with Crippen molar-refractivity contribution in [3.63, 3.8) is 0 Å². The molecule has 1 saturated heterocycles. The molecule has 0 bridgehead atoms. The van der Waals surface area contributed by atoms with E-state index in [-0.39, 0.29) is 5.91 Å². The molecule has 0 spiro atoms. The van der Waals surface area contributed by atoms with Crippen LogP contribution in [0.15, 0.2) is 5.38 Å². The van der Waals surface area contributed by atoms with Gasteiger partial charge in [0.15, 0.2) is 0 Å². The number of thiophene rings is 1. The number of nitrogens with zero attached hydrogens (tertiary/aromatic N) is 1. The number of rotatable bonds is 2. The Morgan fingerprint density at radius 3 is 3.05 bits per heavy atom. The molecule has 104 valence electrons. The van der Waals surface area contributed by atoms with Crippen LogP contribution in [-0.4, -0.2) is 37.0 Å². The Balaban J connectivity index is 1.78. The number of hydrogen-bond acceptors (Lipinski definition) is 3. The summed E-state index contributed by atoms with van der Waals surface area (Å²) in [5.41, 5.74) is 2.35. The van der Waals surface area contributed by atoms with Crippen LogP contribution in [-0.2, 0) is 12.8 Å². The predicted octanol–water partition coefficient (Wildman–Crippen LogP) is 2.45. The number of carbonyl (C=O) groups excluding carboxylic acids is 1. The first-order valence-corrected chi connectivity index (χ1v) is 8.23. The van der Waals surface area contributed by atoms with E-state index in [0.29, 0.717) is 6.04 Å². The second kappa shape index (κ2) is 5.63. The summed E-state index contributed by atoms with van der Waals surface area (Å²) < 4.78 is 0. The van der Waals surface area contributed by atoms with Gasteiger partial charge >= 0.3 is 0 Å². The van der Waals surface area contributed by atoms with Crippen molar-refractivity contribution in [2.45, 2.75) is 44.6 Å². The quantitative estimate of drug-likeness (QED) is 0.901. The van der Waals surface area contributed by atoms with E-state index in [2.05, 4.69) is 10.7 Å². The van der Waals surface area contributed by atoms with E-state index in [1.807, 2.05) is 11.9 Å². The summed E-state index contributed by atoms with van der Waals surface area (Å²) in [6, 6.07) is 0.465. The molecule has 1 unspecified atom stereocenters. The lowest BCUT2D eigenvalue weighted by Crippen LogP contribution is -2.47. The van der Waals surface area contributed by atoms with Crippen LogP contribution in [0, 0.1) is 0 Å². The summed E-state index contributed by atoms with van der Waals surface area (Å²) in [5.74, 6) is 0.263. The predicted molar refractivity (Wildman–Crippen MR) is 78.9 cm³/mol. The number of nitrogens with one attached hydrogen (secondary N) is 1. The second-order valence-electron chi connectivity index (χ2n) is 5.64. The largest absolute Gasteiger partial charge is 0.337 e. The van der Waals surface area contributed by atoms with E-state index >= 15 is 0 Å². The maximum atomic E-state index is 12.7. The third-order valence-electron chi connectivity index (χ3n) is 4.41. The van der Waals surface area contributed by atoms with Crippen molar-refractivity contribution >= 4 is 17.2 Å². The van der Waals surface area contributed by atoms with E-state index in [1.54, 1.807) is 11.3 Å². The summed E-state index contributed by atoms with van der Waals surface area (Å²) >= 11 is 1.79. The Labute approximate surface area is 119 Å². The summed E-state index contributed by atoms with van der Waals surface area (Å²) in [5, 5.41) is 5.40. The Morgan fingerprint density at radius 1 is 1.37 bits per heavy atom. The molecule has 0 saturated carbocycles. The maximum absolute atomic E-state index is 12.7. The Bertz CT molecular complexity index is 469. The number of likely N-dealkylation sites (N-methyl/N-ethyl adjacent to an activating group) is 1. The minimum atomic E-state index is 0.263. The van der Waals surface area contributed by atoms with Crippen molar-refractivity contribution in [1.29, 1.82) is 0 Å². The van der Waals surface area contributed by atoms with Crippen molar-refractivity contribution in [1.82, 2.24) is 10.2 Å². The lowest BCUT2D eigenvalue weighted by Gasteiger charge is -2.32. The van der Waals surface area contributed by atoms with E-state index in [0.717, 1.165) is 31.5 Å². The molecule has 1 atom stereocenters. The molecule has 0 aromatic carbocycles. The minimum Gasteiger partial charge on any atom is -0.337 e.